The molecular weight excluding hydrogens is 312 g/mol. The van der Waals surface area contributed by atoms with E-state index in [1.54, 1.807) is 43.5 Å². The van der Waals surface area contributed by atoms with Gasteiger partial charge in [0.25, 0.3) is 5.91 Å². The van der Waals surface area contributed by atoms with Crippen molar-refractivity contribution in [3.05, 3.63) is 52.4 Å². The Balaban J connectivity index is 1.95. The molecule has 19 heavy (non-hydrogen) atoms. The van der Waals surface area contributed by atoms with E-state index in [2.05, 4.69) is 26.5 Å². The zero-order chi connectivity index (χ0) is 13.7. The van der Waals surface area contributed by atoms with E-state index < -0.39 is 0 Å². The van der Waals surface area contributed by atoms with Gasteiger partial charge in [-0.15, -0.1) is 0 Å². The minimum atomic E-state index is -0.301. The monoisotopic (exact) mass is 322 g/mol. The quantitative estimate of drug-likeness (QED) is 0.695. The summed E-state index contributed by atoms with van der Waals surface area (Å²) in [6, 6.07) is 10.2. The van der Waals surface area contributed by atoms with Crippen LogP contribution in [0.4, 0.5) is 0 Å². The molecule has 0 unspecified atom stereocenters. The highest BCUT2D eigenvalue weighted by molar-refractivity contribution is 9.10. The van der Waals surface area contributed by atoms with Crippen molar-refractivity contribution in [3.8, 4) is 5.75 Å². The summed E-state index contributed by atoms with van der Waals surface area (Å²) in [5.41, 5.74) is 2.91. The maximum Gasteiger partial charge on any atom is 0.271 e. The Hall–Kier alpha value is -2.08. The third-order valence-electron chi connectivity index (χ3n) is 2.30. The first kappa shape index (κ1) is 13.4. The van der Waals surface area contributed by atoms with Crippen LogP contribution in [-0.4, -0.2) is 19.2 Å². The molecule has 2 aromatic rings. The second kappa shape index (κ2) is 6.19. The Morgan fingerprint density at radius 2 is 2.05 bits per heavy atom. The number of amides is 1. The lowest BCUT2D eigenvalue weighted by molar-refractivity contribution is 0.0955. The van der Waals surface area contributed by atoms with Gasteiger partial charge in [0.15, 0.2) is 4.67 Å². The van der Waals surface area contributed by atoms with Gasteiger partial charge in [-0.2, -0.15) is 5.10 Å². The van der Waals surface area contributed by atoms with E-state index in [1.807, 2.05) is 0 Å². The summed E-state index contributed by atoms with van der Waals surface area (Å²) in [6.07, 6.45) is 1.42. The van der Waals surface area contributed by atoms with Gasteiger partial charge < -0.3 is 9.15 Å². The van der Waals surface area contributed by atoms with Crippen LogP contribution in [0.25, 0.3) is 0 Å². The van der Waals surface area contributed by atoms with Crippen LogP contribution in [0.15, 0.2) is 50.6 Å². The summed E-state index contributed by atoms with van der Waals surface area (Å²) in [5, 5.41) is 3.80. The van der Waals surface area contributed by atoms with Gasteiger partial charge >= 0.3 is 0 Å². The Bertz CT molecular complexity index is 590. The van der Waals surface area contributed by atoms with Gasteiger partial charge in [-0.1, -0.05) is 0 Å². The van der Waals surface area contributed by atoms with Crippen LogP contribution in [-0.2, 0) is 0 Å². The van der Waals surface area contributed by atoms with Crippen molar-refractivity contribution < 1.29 is 13.9 Å². The molecule has 98 valence electrons. The molecule has 0 radical (unpaired) electrons. The minimum absolute atomic E-state index is 0.301. The molecule has 0 aliphatic carbocycles. The SMILES string of the molecule is COc1ccc(C(=O)NN=Cc2ccc(Br)o2)cc1. The maximum absolute atomic E-state index is 11.7. The number of carbonyl (C=O) groups is 1. The predicted octanol–water partition coefficient (Wildman–Crippen LogP) is 2.81. The molecule has 0 aliphatic heterocycles. The van der Waals surface area contributed by atoms with E-state index in [0.717, 1.165) is 0 Å². The number of furan rings is 1. The molecule has 6 heteroatoms. The van der Waals surface area contributed by atoms with Crippen molar-refractivity contribution in [1.82, 2.24) is 5.43 Å². The third-order valence-corrected chi connectivity index (χ3v) is 2.73. The van der Waals surface area contributed by atoms with Gasteiger partial charge in [0.1, 0.15) is 11.5 Å². The molecule has 1 amide bonds. The largest absolute Gasteiger partial charge is 0.497 e. The Kier molecular flexibility index (Phi) is 4.35. The van der Waals surface area contributed by atoms with Crippen LogP contribution in [0.2, 0.25) is 0 Å². The fourth-order valence-corrected chi connectivity index (χ4v) is 1.68. The molecule has 1 aromatic heterocycles. The zero-order valence-electron chi connectivity index (χ0n) is 10.1. The molecule has 1 aromatic carbocycles. The molecule has 1 N–H and O–H groups in total. The molecular formula is C13H11BrN2O3. The molecule has 0 saturated heterocycles. The number of ether oxygens (including phenoxy) is 1. The van der Waals surface area contributed by atoms with E-state index in [9.17, 15) is 4.79 Å². The fraction of sp³-hybridized carbons (Fsp3) is 0.0769. The molecule has 0 aliphatic rings. The molecule has 0 spiro atoms. The predicted molar refractivity (Wildman–Crippen MR) is 74.5 cm³/mol. The van der Waals surface area contributed by atoms with Crippen LogP contribution in [0.3, 0.4) is 0 Å². The zero-order valence-corrected chi connectivity index (χ0v) is 11.7. The summed E-state index contributed by atoms with van der Waals surface area (Å²) in [5.74, 6) is 0.937. The second-order valence-corrected chi connectivity index (χ2v) is 4.35. The third kappa shape index (κ3) is 3.69. The van der Waals surface area contributed by atoms with Crippen molar-refractivity contribution in [2.75, 3.05) is 7.11 Å². The van der Waals surface area contributed by atoms with Gasteiger partial charge in [-0.05, 0) is 52.3 Å². The molecule has 2 rings (SSSR count). The number of carbonyl (C=O) groups excluding carboxylic acids is 1. The number of hydrogen-bond donors (Lipinski definition) is 1. The van der Waals surface area contributed by atoms with Gasteiger partial charge in [0.2, 0.25) is 0 Å². The van der Waals surface area contributed by atoms with Crippen molar-refractivity contribution in [2.24, 2.45) is 5.10 Å². The van der Waals surface area contributed by atoms with Crippen molar-refractivity contribution >= 4 is 28.1 Å². The van der Waals surface area contributed by atoms with Crippen LogP contribution in [0, 0.1) is 0 Å². The highest BCUT2D eigenvalue weighted by Crippen LogP contribution is 2.12. The number of methoxy groups -OCH3 is 1. The van der Waals surface area contributed by atoms with Crippen LogP contribution in [0.1, 0.15) is 16.1 Å². The van der Waals surface area contributed by atoms with E-state index in [1.165, 1.54) is 6.21 Å². The molecule has 1 heterocycles. The van der Waals surface area contributed by atoms with Gasteiger partial charge in [-0.3, -0.25) is 4.79 Å². The summed E-state index contributed by atoms with van der Waals surface area (Å²) in [7, 11) is 1.57. The van der Waals surface area contributed by atoms with Crippen LogP contribution >= 0.6 is 15.9 Å². The smallest absolute Gasteiger partial charge is 0.271 e. The Morgan fingerprint density at radius 3 is 2.63 bits per heavy atom. The number of rotatable bonds is 4. The van der Waals surface area contributed by atoms with Crippen molar-refractivity contribution in [1.29, 1.82) is 0 Å². The Labute approximate surface area is 118 Å². The van der Waals surface area contributed by atoms with E-state index in [0.29, 0.717) is 21.7 Å². The lowest BCUT2D eigenvalue weighted by Gasteiger charge is -2.01. The number of hydrogen-bond acceptors (Lipinski definition) is 4. The number of halogens is 1. The summed E-state index contributed by atoms with van der Waals surface area (Å²) in [6.45, 7) is 0. The second-order valence-electron chi connectivity index (χ2n) is 3.57. The highest BCUT2D eigenvalue weighted by atomic mass is 79.9. The standard InChI is InChI=1S/C13H11BrN2O3/c1-18-10-4-2-9(3-5-10)13(17)16-15-8-11-6-7-12(14)19-11/h2-8H,1H3,(H,16,17). The van der Waals surface area contributed by atoms with Gasteiger partial charge in [0, 0.05) is 5.56 Å². The van der Waals surface area contributed by atoms with Gasteiger partial charge in [-0.25, -0.2) is 5.43 Å². The lowest BCUT2D eigenvalue weighted by atomic mass is 10.2. The van der Waals surface area contributed by atoms with E-state index in [-0.39, 0.29) is 5.91 Å². The molecule has 0 saturated carbocycles. The van der Waals surface area contributed by atoms with Crippen LogP contribution in [0.5, 0.6) is 5.75 Å². The molecule has 5 nitrogen and oxygen atoms in total. The topological polar surface area (TPSA) is 63.8 Å². The first-order valence-corrected chi connectivity index (χ1v) is 6.21. The van der Waals surface area contributed by atoms with E-state index in [4.69, 9.17) is 9.15 Å². The van der Waals surface area contributed by atoms with Crippen molar-refractivity contribution in [2.45, 2.75) is 0 Å². The number of hydrazone groups is 1. The maximum atomic E-state index is 11.7. The molecule has 0 fully saturated rings. The molecule has 0 atom stereocenters. The minimum Gasteiger partial charge on any atom is -0.497 e. The Morgan fingerprint density at radius 1 is 1.32 bits per heavy atom. The fourth-order valence-electron chi connectivity index (χ4n) is 1.36. The number of nitrogens with zero attached hydrogens (tertiary/aromatic N) is 1. The van der Waals surface area contributed by atoms with Crippen LogP contribution < -0.4 is 10.2 Å². The lowest BCUT2D eigenvalue weighted by Crippen LogP contribution is -2.17. The number of nitrogens with one attached hydrogen (secondary N) is 1. The summed E-state index contributed by atoms with van der Waals surface area (Å²) in [4.78, 5) is 11.7. The average molecular weight is 323 g/mol. The first-order chi connectivity index (χ1) is 9.19. The highest BCUT2D eigenvalue weighted by Gasteiger charge is 2.04. The average Bonchev–Trinajstić information content (AvgIpc) is 2.84. The van der Waals surface area contributed by atoms with Crippen molar-refractivity contribution in [3.63, 3.8) is 0 Å². The number of benzene rings is 1. The first-order valence-electron chi connectivity index (χ1n) is 5.42. The summed E-state index contributed by atoms with van der Waals surface area (Å²) >= 11 is 3.18. The summed E-state index contributed by atoms with van der Waals surface area (Å²) < 4.78 is 10.8. The normalized spacial score (nSPS) is 10.6. The molecule has 0 bridgehead atoms. The van der Waals surface area contributed by atoms with E-state index >= 15 is 0 Å². The van der Waals surface area contributed by atoms with Gasteiger partial charge in [0.05, 0.1) is 13.3 Å².